The zero-order chi connectivity index (χ0) is 25.1. The number of nitrogens with one attached hydrogen (secondary N) is 2. The van der Waals surface area contributed by atoms with Crippen molar-refractivity contribution >= 4 is 44.9 Å². The quantitative estimate of drug-likeness (QED) is 0.365. The van der Waals surface area contributed by atoms with Crippen LogP contribution in [0.5, 0.6) is 11.6 Å². The summed E-state index contributed by atoms with van der Waals surface area (Å²) >= 11 is 1.45. The molecule has 0 spiro atoms. The van der Waals surface area contributed by atoms with Crippen LogP contribution in [-0.4, -0.2) is 90.1 Å². The number of aromatic nitrogens is 4. The molecule has 1 aliphatic heterocycles. The van der Waals surface area contributed by atoms with E-state index in [2.05, 4.69) is 42.1 Å². The summed E-state index contributed by atoms with van der Waals surface area (Å²) in [5, 5.41) is 3.39. The zero-order valence-corrected chi connectivity index (χ0v) is 21.6. The summed E-state index contributed by atoms with van der Waals surface area (Å²) in [4.78, 5) is 31.8. The molecule has 5 heterocycles. The smallest absolute Gasteiger partial charge is 0.227 e. The largest absolute Gasteiger partial charge is 0.494 e. The van der Waals surface area contributed by atoms with Gasteiger partial charge >= 0.3 is 0 Å². The topological polar surface area (TPSA) is 108 Å². The number of H-pyrrole nitrogens is 1. The van der Waals surface area contributed by atoms with Gasteiger partial charge in [0.15, 0.2) is 11.4 Å². The van der Waals surface area contributed by atoms with Crippen molar-refractivity contribution in [3.63, 3.8) is 0 Å². The molecule has 0 aromatic carbocycles. The average Bonchev–Trinajstić information content (AvgIpc) is 3.42. The standard InChI is InChI=1S/C16H13N5O3S.C9H18N2/c1-23-12-11(16(24-2)21-15-13(12)25-7-19-15)9-5-17-14-8(9)3-4-10(20-14)18-6-22;1-10-4-6-11(7-5-10)8-9-2-3-9/h3-7H,1-2H3,(H2,17,18,20,22);9H,2-8H2,1H3. The van der Waals surface area contributed by atoms with Crippen LogP contribution in [0.4, 0.5) is 5.82 Å². The van der Waals surface area contributed by atoms with E-state index in [-0.39, 0.29) is 0 Å². The number of fused-ring (bicyclic) bond motifs is 2. The van der Waals surface area contributed by atoms with Gasteiger partial charge in [-0.1, -0.05) is 0 Å². The van der Waals surface area contributed by atoms with Crippen molar-refractivity contribution in [1.29, 1.82) is 0 Å². The molecule has 1 saturated carbocycles. The fourth-order valence-corrected chi connectivity index (χ4v) is 5.22. The number of nitrogens with zero attached hydrogens (tertiary/aromatic N) is 5. The van der Waals surface area contributed by atoms with Gasteiger partial charge in [-0.15, -0.1) is 11.3 Å². The fourth-order valence-electron chi connectivity index (χ4n) is 4.47. The number of rotatable bonds is 7. The Labute approximate surface area is 213 Å². The minimum Gasteiger partial charge on any atom is -0.494 e. The highest BCUT2D eigenvalue weighted by molar-refractivity contribution is 7.17. The summed E-state index contributed by atoms with van der Waals surface area (Å²) < 4.78 is 12.0. The number of ether oxygens (including phenoxy) is 2. The lowest BCUT2D eigenvalue weighted by Gasteiger charge is -2.32. The van der Waals surface area contributed by atoms with E-state index in [1.807, 2.05) is 12.3 Å². The molecule has 0 unspecified atom stereocenters. The molecule has 2 fully saturated rings. The van der Waals surface area contributed by atoms with Gasteiger partial charge in [-0.05, 0) is 37.9 Å². The number of carbonyl (C=O) groups excluding carboxylic acids is 1. The van der Waals surface area contributed by atoms with Crippen molar-refractivity contribution in [3.8, 4) is 22.8 Å². The Morgan fingerprint density at radius 1 is 1.17 bits per heavy atom. The van der Waals surface area contributed by atoms with E-state index < -0.39 is 0 Å². The van der Waals surface area contributed by atoms with Crippen molar-refractivity contribution in [3.05, 3.63) is 23.8 Å². The molecule has 4 aromatic heterocycles. The first-order valence-corrected chi connectivity index (χ1v) is 12.9. The third-order valence-corrected chi connectivity index (χ3v) is 7.44. The second kappa shape index (κ2) is 10.8. The van der Waals surface area contributed by atoms with Crippen LogP contribution in [0, 0.1) is 5.92 Å². The monoisotopic (exact) mass is 509 g/mol. The second-order valence-corrected chi connectivity index (χ2v) is 9.99. The molecule has 0 bridgehead atoms. The SMILES string of the molecule is CN1CCN(CC2CC2)CC1.COc1nc2ncsc2c(OC)c1-c1c[nH]c2nc(NC=O)ccc12. The van der Waals surface area contributed by atoms with Crippen molar-refractivity contribution in [2.45, 2.75) is 12.8 Å². The molecule has 36 heavy (non-hydrogen) atoms. The molecule has 2 N–H and O–H groups in total. The van der Waals surface area contributed by atoms with E-state index in [0.717, 1.165) is 27.1 Å². The molecular formula is C25H31N7O3S. The number of anilines is 1. The molecule has 1 saturated heterocycles. The van der Waals surface area contributed by atoms with E-state index in [9.17, 15) is 4.79 Å². The normalized spacial score (nSPS) is 16.5. The van der Waals surface area contributed by atoms with Gasteiger partial charge < -0.3 is 29.6 Å². The molecule has 11 heteroatoms. The van der Waals surface area contributed by atoms with Gasteiger partial charge in [0.1, 0.15) is 16.2 Å². The molecule has 1 amide bonds. The van der Waals surface area contributed by atoms with Gasteiger partial charge in [-0.3, -0.25) is 4.79 Å². The first-order chi connectivity index (χ1) is 17.6. The van der Waals surface area contributed by atoms with Crippen molar-refractivity contribution in [2.24, 2.45) is 5.92 Å². The number of carbonyl (C=O) groups is 1. The number of thiazole rings is 1. The van der Waals surface area contributed by atoms with Crippen LogP contribution >= 0.6 is 11.3 Å². The van der Waals surface area contributed by atoms with Gasteiger partial charge in [-0.2, -0.15) is 4.98 Å². The Morgan fingerprint density at radius 2 is 1.97 bits per heavy atom. The molecule has 0 atom stereocenters. The van der Waals surface area contributed by atoms with Crippen LogP contribution < -0.4 is 14.8 Å². The Morgan fingerprint density at radius 3 is 2.67 bits per heavy atom. The highest BCUT2D eigenvalue weighted by atomic mass is 32.1. The Balaban J connectivity index is 0.000000202. The Bertz CT molecular complexity index is 1340. The van der Waals surface area contributed by atoms with Crippen molar-refractivity contribution < 1.29 is 14.3 Å². The highest BCUT2D eigenvalue weighted by Gasteiger charge is 2.25. The van der Waals surface area contributed by atoms with Crippen LogP contribution in [0.3, 0.4) is 0 Å². The number of methoxy groups -OCH3 is 2. The summed E-state index contributed by atoms with van der Waals surface area (Å²) in [5.41, 5.74) is 4.51. The third-order valence-electron chi connectivity index (χ3n) is 6.62. The van der Waals surface area contributed by atoms with Gasteiger partial charge in [0.05, 0.1) is 25.3 Å². The second-order valence-electron chi connectivity index (χ2n) is 9.14. The van der Waals surface area contributed by atoms with E-state index >= 15 is 0 Å². The predicted octanol–water partition coefficient (Wildman–Crippen LogP) is 3.46. The molecule has 6 rings (SSSR count). The number of hydrogen-bond acceptors (Lipinski definition) is 9. The maximum Gasteiger partial charge on any atom is 0.227 e. The first kappa shape index (κ1) is 24.4. The lowest BCUT2D eigenvalue weighted by atomic mass is 10.1. The molecule has 10 nitrogen and oxygen atoms in total. The summed E-state index contributed by atoms with van der Waals surface area (Å²) in [7, 11) is 5.38. The summed E-state index contributed by atoms with van der Waals surface area (Å²) in [6.45, 7) is 6.52. The van der Waals surface area contributed by atoms with Gasteiger partial charge in [0, 0.05) is 49.9 Å². The molecule has 190 valence electrons. The number of pyridine rings is 2. The molecular weight excluding hydrogens is 478 g/mol. The average molecular weight is 510 g/mol. The first-order valence-electron chi connectivity index (χ1n) is 12.1. The van der Waals surface area contributed by atoms with Crippen LogP contribution in [-0.2, 0) is 4.79 Å². The number of likely N-dealkylation sites (N-methyl/N-ethyl adjacent to an activating group) is 1. The van der Waals surface area contributed by atoms with Crippen LogP contribution in [0.25, 0.3) is 32.5 Å². The summed E-state index contributed by atoms with van der Waals surface area (Å²) in [6.07, 6.45) is 5.39. The highest BCUT2D eigenvalue weighted by Crippen LogP contribution is 2.45. The maximum atomic E-state index is 10.6. The minimum atomic E-state index is 0.422. The van der Waals surface area contributed by atoms with Crippen molar-refractivity contribution in [1.82, 2.24) is 29.7 Å². The lowest BCUT2D eigenvalue weighted by Crippen LogP contribution is -2.45. The number of hydrogen-bond donors (Lipinski definition) is 2. The Hall–Kier alpha value is -3.28. The zero-order valence-electron chi connectivity index (χ0n) is 20.8. The summed E-state index contributed by atoms with van der Waals surface area (Å²) in [6, 6.07) is 3.60. The fraction of sp³-hybridized carbons (Fsp3) is 0.440. The maximum absolute atomic E-state index is 10.6. The van der Waals surface area contributed by atoms with Crippen LogP contribution in [0.1, 0.15) is 12.8 Å². The molecule has 4 aromatic rings. The number of amides is 1. The van der Waals surface area contributed by atoms with E-state index in [1.54, 1.807) is 25.8 Å². The van der Waals surface area contributed by atoms with E-state index in [0.29, 0.717) is 35.2 Å². The number of piperazine rings is 1. The molecule has 1 aliphatic carbocycles. The van der Waals surface area contributed by atoms with Gasteiger partial charge in [0.25, 0.3) is 0 Å². The minimum absolute atomic E-state index is 0.422. The lowest BCUT2D eigenvalue weighted by molar-refractivity contribution is -0.105. The summed E-state index contributed by atoms with van der Waals surface area (Å²) in [5.74, 6) is 2.61. The number of aromatic amines is 1. The van der Waals surface area contributed by atoms with Gasteiger partial charge in [-0.25, -0.2) is 9.97 Å². The predicted molar refractivity (Wildman–Crippen MR) is 142 cm³/mol. The van der Waals surface area contributed by atoms with Crippen molar-refractivity contribution in [2.75, 3.05) is 59.3 Å². The molecule has 0 radical (unpaired) electrons. The van der Waals surface area contributed by atoms with E-state index in [4.69, 9.17) is 9.47 Å². The van der Waals surface area contributed by atoms with Crippen LogP contribution in [0.2, 0.25) is 0 Å². The van der Waals surface area contributed by atoms with Gasteiger partial charge in [0.2, 0.25) is 12.3 Å². The van der Waals surface area contributed by atoms with E-state index in [1.165, 1.54) is 56.9 Å². The third kappa shape index (κ3) is 5.13. The molecule has 2 aliphatic rings. The van der Waals surface area contributed by atoms with Crippen LogP contribution in [0.15, 0.2) is 23.8 Å². The Kier molecular flexibility index (Phi) is 7.30.